The summed E-state index contributed by atoms with van der Waals surface area (Å²) in [6, 6.07) is 4.67. The van der Waals surface area contributed by atoms with Crippen molar-refractivity contribution < 1.29 is 13.9 Å². The number of benzene rings is 1. The minimum Gasteiger partial charge on any atom is -0.376 e. The fourth-order valence-corrected chi connectivity index (χ4v) is 2.54. The lowest BCUT2D eigenvalue weighted by molar-refractivity contribution is 0.0512. The van der Waals surface area contributed by atoms with E-state index >= 15 is 0 Å². The Morgan fingerprint density at radius 1 is 1.36 bits per heavy atom. The molecule has 0 saturated carbocycles. The summed E-state index contributed by atoms with van der Waals surface area (Å²) in [5, 5.41) is 0. The number of carbonyl (C=O) groups excluding carboxylic acids is 1. The highest BCUT2D eigenvalue weighted by molar-refractivity contribution is 5.94. The normalized spacial score (nSPS) is 18.0. The van der Waals surface area contributed by atoms with Crippen LogP contribution in [0.4, 0.5) is 4.39 Å². The monoisotopic (exact) mass is 308 g/mol. The molecule has 1 fully saturated rings. The summed E-state index contributed by atoms with van der Waals surface area (Å²) in [4.78, 5) is 16.5. The summed E-state index contributed by atoms with van der Waals surface area (Å²) in [6.45, 7) is 4.41. The van der Waals surface area contributed by atoms with Crippen molar-refractivity contribution in [3.05, 3.63) is 35.1 Å². The average molecular weight is 308 g/mol. The fraction of sp³-hybridized carbons (Fsp3) is 0.588. The molecule has 1 aliphatic heterocycles. The van der Waals surface area contributed by atoms with Gasteiger partial charge in [0.05, 0.1) is 6.10 Å². The van der Waals surface area contributed by atoms with Gasteiger partial charge in [0, 0.05) is 31.8 Å². The molecule has 0 N–H and O–H groups in total. The number of aryl methyl sites for hydroxylation is 1. The molecule has 1 aromatic carbocycles. The van der Waals surface area contributed by atoms with Gasteiger partial charge in [-0.15, -0.1) is 0 Å². The number of hydrogen-bond donors (Lipinski definition) is 0. The Morgan fingerprint density at radius 2 is 2.14 bits per heavy atom. The van der Waals surface area contributed by atoms with Crippen LogP contribution in [-0.2, 0) is 4.74 Å². The van der Waals surface area contributed by atoms with Gasteiger partial charge in [0.25, 0.3) is 5.91 Å². The van der Waals surface area contributed by atoms with Gasteiger partial charge in [-0.2, -0.15) is 0 Å². The van der Waals surface area contributed by atoms with Gasteiger partial charge in [-0.1, -0.05) is 6.07 Å². The molecule has 1 heterocycles. The van der Waals surface area contributed by atoms with Crippen LogP contribution in [0.5, 0.6) is 0 Å². The molecular formula is C17H25FN2O2. The first-order chi connectivity index (χ1) is 10.5. The topological polar surface area (TPSA) is 32.8 Å². The second kappa shape index (κ2) is 7.70. The first kappa shape index (κ1) is 16.9. The number of carbonyl (C=O) groups is 1. The van der Waals surface area contributed by atoms with E-state index in [1.807, 2.05) is 19.0 Å². The van der Waals surface area contributed by atoms with Crippen molar-refractivity contribution >= 4 is 5.91 Å². The predicted octanol–water partition coefficient (Wildman–Crippen LogP) is 2.32. The van der Waals surface area contributed by atoms with Gasteiger partial charge in [-0.05, 0) is 51.6 Å². The van der Waals surface area contributed by atoms with Crippen molar-refractivity contribution in [1.82, 2.24) is 9.80 Å². The number of amides is 1. The van der Waals surface area contributed by atoms with Crippen molar-refractivity contribution in [3.8, 4) is 0 Å². The van der Waals surface area contributed by atoms with Crippen LogP contribution in [-0.4, -0.2) is 62.1 Å². The van der Waals surface area contributed by atoms with Crippen LogP contribution in [0, 0.1) is 12.7 Å². The molecule has 0 radical (unpaired) electrons. The minimum absolute atomic E-state index is 0.0985. The summed E-state index contributed by atoms with van der Waals surface area (Å²) < 4.78 is 19.4. The van der Waals surface area contributed by atoms with E-state index in [0.29, 0.717) is 24.2 Å². The second-order valence-corrected chi connectivity index (χ2v) is 6.15. The van der Waals surface area contributed by atoms with Crippen LogP contribution in [0.2, 0.25) is 0 Å². The minimum atomic E-state index is -0.337. The largest absolute Gasteiger partial charge is 0.376 e. The molecule has 4 nitrogen and oxygen atoms in total. The average Bonchev–Trinajstić information content (AvgIpc) is 2.98. The highest BCUT2D eigenvalue weighted by Crippen LogP contribution is 2.16. The van der Waals surface area contributed by atoms with Crippen molar-refractivity contribution in [2.24, 2.45) is 0 Å². The zero-order valence-corrected chi connectivity index (χ0v) is 13.6. The maximum Gasteiger partial charge on any atom is 0.254 e. The summed E-state index contributed by atoms with van der Waals surface area (Å²) in [5.74, 6) is -0.466. The number of hydrogen-bond acceptors (Lipinski definition) is 3. The molecule has 1 amide bonds. The van der Waals surface area contributed by atoms with Crippen LogP contribution in [0.3, 0.4) is 0 Å². The first-order valence-electron chi connectivity index (χ1n) is 7.79. The molecule has 2 rings (SSSR count). The lowest BCUT2D eigenvalue weighted by Crippen LogP contribution is -2.41. The second-order valence-electron chi connectivity index (χ2n) is 6.15. The number of likely N-dealkylation sites (N-methyl/N-ethyl adjacent to an activating group) is 1. The molecule has 0 aromatic heterocycles. The predicted molar refractivity (Wildman–Crippen MR) is 84.6 cm³/mol. The Balaban J connectivity index is 2.10. The molecule has 22 heavy (non-hydrogen) atoms. The van der Waals surface area contributed by atoms with Crippen molar-refractivity contribution in [2.45, 2.75) is 25.9 Å². The quantitative estimate of drug-likeness (QED) is 0.808. The van der Waals surface area contributed by atoms with Gasteiger partial charge in [0.15, 0.2) is 0 Å². The molecule has 0 unspecified atom stereocenters. The van der Waals surface area contributed by atoms with Crippen molar-refractivity contribution in [3.63, 3.8) is 0 Å². The van der Waals surface area contributed by atoms with Crippen LogP contribution >= 0.6 is 0 Å². The molecule has 5 heteroatoms. The molecule has 0 aliphatic carbocycles. The SMILES string of the molecule is Cc1ccc(C(=O)N(CCN(C)C)C[C@@H]2CCCO2)cc1F. The Kier molecular flexibility index (Phi) is 5.91. The van der Waals surface area contributed by atoms with E-state index in [9.17, 15) is 9.18 Å². The van der Waals surface area contributed by atoms with E-state index in [0.717, 1.165) is 26.0 Å². The van der Waals surface area contributed by atoms with E-state index in [1.165, 1.54) is 6.07 Å². The highest BCUT2D eigenvalue weighted by atomic mass is 19.1. The Hall–Kier alpha value is -1.46. The van der Waals surface area contributed by atoms with Crippen molar-refractivity contribution in [2.75, 3.05) is 40.3 Å². The molecule has 1 aliphatic rings. The van der Waals surface area contributed by atoms with E-state index in [1.54, 1.807) is 24.0 Å². The zero-order valence-electron chi connectivity index (χ0n) is 13.6. The van der Waals surface area contributed by atoms with Gasteiger partial charge in [0.1, 0.15) is 5.82 Å². The van der Waals surface area contributed by atoms with Gasteiger partial charge >= 0.3 is 0 Å². The van der Waals surface area contributed by atoms with Gasteiger partial charge in [-0.25, -0.2) is 4.39 Å². The Bertz CT molecular complexity index is 513. The highest BCUT2D eigenvalue weighted by Gasteiger charge is 2.23. The summed E-state index contributed by atoms with van der Waals surface area (Å²) in [6.07, 6.45) is 2.12. The van der Waals surface area contributed by atoms with E-state index < -0.39 is 0 Å². The van der Waals surface area contributed by atoms with Crippen molar-refractivity contribution in [1.29, 1.82) is 0 Å². The molecule has 1 saturated heterocycles. The number of halogens is 1. The van der Waals surface area contributed by atoms with E-state index in [-0.39, 0.29) is 17.8 Å². The number of rotatable bonds is 6. The number of ether oxygens (including phenoxy) is 1. The number of nitrogens with zero attached hydrogens (tertiary/aromatic N) is 2. The van der Waals surface area contributed by atoms with Gasteiger partial charge < -0.3 is 14.5 Å². The maximum absolute atomic E-state index is 13.7. The van der Waals surface area contributed by atoms with E-state index in [2.05, 4.69) is 0 Å². The lowest BCUT2D eigenvalue weighted by Gasteiger charge is -2.27. The third-order valence-corrected chi connectivity index (χ3v) is 3.97. The van der Waals surface area contributed by atoms with Crippen LogP contribution in [0.25, 0.3) is 0 Å². The molecular weight excluding hydrogens is 283 g/mol. The van der Waals surface area contributed by atoms with Crippen LogP contribution in [0.15, 0.2) is 18.2 Å². The standard InChI is InChI=1S/C17H25FN2O2/c1-13-6-7-14(11-16(13)18)17(21)20(9-8-19(2)3)12-15-5-4-10-22-15/h6-7,11,15H,4-5,8-10,12H2,1-3H3/t15-/m0/s1. The van der Waals surface area contributed by atoms with Gasteiger partial charge in [0.2, 0.25) is 0 Å². The fourth-order valence-electron chi connectivity index (χ4n) is 2.54. The zero-order chi connectivity index (χ0) is 16.1. The summed E-state index contributed by atoms with van der Waals surface area (Å²) in [7, 11) is 3.94. The Labute approximate surface area is 131 Å². The third kappa shape index (κ3) is 4.52. The summed E-state index contributed by atoms with van der Waals surface area (Å²) >= 11 is 0. The molecule has 1 aromatic rings. The molecule has 1 atom stereocenters. The first-order valence-corrected chi connectivity index (χ1v) is 7.79. The van der Waals surface area contributed by atoms with Crippen LogP contribution < -0.4 is 0 Å². The lowest BCUT2D eigenvalue weighted by atomic mass is 10.1. The Morgan fingerprint density at radius 3 is 2.73 bits per heavy atom. The maximum atomic E-state index is 13.7. The summed E-state index contributed by atoms with van der Waals surface area (Å²) in [5.41, 5.74) is 0.954. The smallest absolute Gasteiger partial charge is 0.254 e. The molecule has 122 valence electrons. The van der Waals surface area contributed by atoms with Gasteiger partial charge in [-0.3, -0.25) is 4.79 Å². The van der Waals surface area contributed by atoms with Crippen LogP contribution in [0.1, 0.15) is 28.8 Å². The molecule has 0 spiro atoms. The van der Waals surface area contributed by atoms with E-state index in [4.69, 9.17) is 4.74 Å². The third-order valence-electron chi connectivity index (χ3n) is 3.97. The molecule has 0 bridgehead atoms.